The molecular weight excluding hydrogens is 662 g/mol. The Labute approximate surface area is 296 Å². The fourth-order valence-electron chi connectivity index (χ4n) is 5.69. The summed E-state index contributed by atoms with van der Waals surface area (Å²) in [5, 5.41) is 37.3. The van der Waals surface area contributed by atoms with Gasteiger partial charge in [-0.05, 0) is 114 Å². The molecular formula is C39H29N7O6. The van der Waals surface area contributed by atoms with E-state index in [4.69, 9.17) is 0 Å². The van der Waals surface area contributed by atoms with E-state index in [1.807, 2.05) is 18.2 Å². The molecule has 0 saturated carbocycles. The average Bonchev–Trinajstić information content (AvgIpc) is 3.15. The monoisotopic (exact) mass is 691 g/mol. The molecule has 256 valence electrons. The molecule has 0 saturated heterocycles. The maximum absolute atomic E-state index is 13.1. The van der Waals surface area contributed by atoms with Crippen molar-refractivity contribution in [2.24, 2.45) is 0 Å². The van der Waals surface area contributed by atoms with Crippen LogP contribution in [0.25, 0.3) is 0 Å². The minimum atomic E-state index is -0.450. The maximum atomic E-state index is 13.1. The molecule has 0 aliphatic carbocycles. The van der Waals surface area contributed by atoms with E-state index in [-0.39, 0.29) is 23.2 Å². The fourth-order valence-corrected chi connectivity index (χ4v) is 5.69. The number of hydrogen-bond acceptors (Lipinski definition) is 9. The molecule has 1 heterocycles. The average molecular weight is 692 g/mol. The number of benzene rings is 6. The van der Waals surface area contributed by atoms with Crippen molar-refractivity contribution in [3.05, 3.63) is 176 Å². The molecule has 0 atom stereocenters. The third-order valence-electron chi connectivity index (χ3n) is 8.41. The summed E-state index contributed by atoms with van der Waals surface area (Å²) < 4.78 is 0. The molecule has 6 aromatic carbocycles. The topological polar surface area (TPSA) is 181 Å². The van der Waals surface area contributed by atoms with Crippen LogP contribution in [-0.2, 0) is 6.42 Å². The van der Waals surface area contributed by atoms with Crippen LogP contribution in [0.4, 0.5) is 56.9 Å². The van der Waals surface area contributed by atoms with Gasteiger partial charge in [-0.15, -0.1) is 0 Å². The van der Waals surface area contributed by atoms with Crippen molar-refractivity contribution in [2.45, 2.75) is 6.42 Å². The molecule has 1 aliphatic rings. The first-order chi connectivity index (χ1) is 25.2. The van der Waals surface area contributed by atoms with Crippen molar-refractivity contribution in [3.63, 3.8) is 0 Å². The number of nitro groups is 2. The van der Waals surface area contributed by atoms with E-state index in [0.29, 0.717) is 40.3 Å². The second-order valence-electron chi connectivity index (χ2n) is 12.0. The van der Waals surface area contributed by atoms with E-state index >= 15 is 0 Å². The van der Waals surface area contributed by atoms with E-state index in [1.165, 1.54) is 24.3 Å². The fraction of sp³-hybridized carbons (Fsp3) is 0.0256. The van der Waals surface area contributed by atoms with Crippen molar-refractivity contribution < 1.29 is 19.4 Å². The van der Waals surface area contributed by atoms with Crippen LogP contribution in [0.2, 0.25) is 0 Å². The van der Waals surface area contributed by atoms with Gasteiger partial charge in [0.15, 0.2) is 0 Å². The Morgan fingerprint density at radius 1 is 0.481 bits per heavy atom. The second kappa shape index (κ2) is 14.1. The Bertz CT molecular complexity index is 2160. The molecule has 0 spiro atoms. The van der Waals surface area contributed by atoms with E-state index in [9.17, 15) is 29.8 Å². The lowest BCUT2D eigenvalue weighted by Crippen LogP contribution is -2.15. The number of carbonyl (C=O) groups is 2. The lowest BCUT2D eigenvalue weighted by Gasteiger charge is -2.23. The summed E-state index contributed by atoms with van der Waals surface area (Å²) in [6.07, 6.45) is 0.576. The number of rotatable bonds is 10. The van der Waals surface area contributed by atoms with Crippen LogP contribution in [-0.4, -0.2) is 21.7 Å². The summed E-state index contributed by atoms with van der Waals surface area (Å²) >= 11 is 0. The zero-order chi connectivity index (χ0) is 36.2. The molecule has 13 nitrogen and oxygen atoms in total. The summed E-state index contributed by atoms with van der Waals surface area (Å²) in [4.78, 5) is 47.1. The number of fused-ring (bicyclic) bond motifs is 2. The highest BCUT2D eigenvalue weighted by molar-refractivity contribution is 6.06. The van der Waals surface area contributed by atoms with Crippen molar-refractivity contribution in [1.29, 1.82) is 0 Å². The second-order valence-corrected chi connectivity index (χ2v) is 12.0. The summed E-state index contributed by atoms with van der Waals surface area (Å²) in [5.41, 5.74) is 8.73. The van der Waals surface area contributed by atoms with Crippen LogP contribution in [0.1, 0.15) is 31.8 Å². The van der Waals surface area contributed by atoms with Gasteiger partial charge < -0.3 is 26.6 Å². The first-order valence-corrected chi connectivity index (χ1v) is 16.1. The first-order valence-electron chi connectivity index (χ1n) is 16.1. The molecule has 0 unspecified atom stereocenters. The Balaban J connectivity index is 0.941. The lowest BCUT2D eigenvalue weighted by molar-refractivity contribution is -0.385. The molecule has 6 aromatic rings. The number of non-ortho nitro benzene ring substituents is 2. The molecule has 0 bridgehead atoms. The van der Waals surface area contributed by atoms with Crippen molar-refractivity contribution in [1.82, 2.24) is 0 Å². The largest absolute Gasteiger partial charge is 0.356 e. The van der Waals surface area contributed by atoms with Gasteiger partial charge in [0.05, 0.1) is 9.85 Å². The van der Waals surface area contributed by atoms with Gasteiger partial charge in [0.2, 0.25) is 0 Å². The number of amides is 2. The van der Waals surface area contributed by atoms with E-state index in [1.54, 1.807) is 91.0 Å². The summed E-state index contributed by atoms with van der Waals surface area (Å²) in [6.45, 7) is 0. The number of anilines is 8. The van der Waals surface area contributed by atoms with Gasteiger partial charge in [-0.1, -0.05) is 6.07 Å². The number of hydrogen-bond donors (Lipinski definition) is 5. The molecule has 13 heteroatoms. The number of nitrogens with zero attached hydrogens (tertiary/aromatic N) is 2. The van der Waals surface area contributed by atoms with Gasteiger partial charge in [0.1, 0.15) is 0 Å². The third-order valence-corrected chi connectivity index (χ3v) is 8.41. The van der Waals surface area contributed by atoms with Crippen LogP contribution in [0.5, 0.6) is 0 Å². The van der Waals surface area contributed by atoms with E-state index in [2.05, 4.69) is 26.6 Å². The van der Waals surface area contributed by atoms with Gasteiger partial charge in [-0.2, -0.15) is 0 Å². The highest BCUT2D eigenvalue weighted by Crippen LogP contribution is 2.34. The normalized spacial score (nSPS) is 11.2. The minimum absolute atomic E-state index is 0.0127. The standard InChI is InChI=1S/C39H29N7O6/c47-38(42-32-8-4-28(5-9-32)40-30-12-16-34(17-13-30)45(49)50)25-3-20-36-27(22-25)21-24-1-2-26(23-37(24)44-36)39(48)43-33-10-6-29(7-11-33)41-31-14-18-35(19-15-31)46(51)52/h1-20,22-23,40-41,44H,21H2,(H,42,47)(H,43,48). The number of carbonyl (C=O) groups excluding carboxylic acids is 2. The number of nitro benzene ring substituents is 2. The zero-order valence-electron chi connectivity index (χ0n) is 27.3. The van der Waals surface area contributed by atoms with Crippen molar-refractivity contribution in [2.75, 3.05) is 26.6 Å². The third kappa shape index (κ3) is 7.53. The molecule has 0 aromatic heterocycles. The molecule has 0 fully saturated rings. The highest BCUT2D eigenvalue weighted by Gasteiger charge is 2.19. The lowest BCUT2D eigenvalue weighted by atomic mass is 9.94. The smallest absolute Gasteiger partial charge is 0.269 e. The zero-order valence-corrected chi connectivity index (χ0v) is 27.3. The van der Waals surface area contributed by atoms with Gasteiger partial charge in [0, 0.05) is 87.3 Å². The predicted octanol–water partition coefficient (Wildman–Crippen LogP) is 9.14. The Kier molecular flexibility index (Phi) is 8.96. The summed E-state index contributed by atoms with van der Waals surface area (Å²) in [7, 11) is 0. The first kappa shape index (κ1) is 33.0. The molecule has 7 rings (SSSR count). The Morgan fingerprint density at radius 3 is 1.35 bits per heavy atom. The Morgan fingerprint density at radius 2 is 0.885 bits per heavy atom. The predicted molar refractivity (Wildman–Crippen MR) is 201 cm³/mol. The minimum Gasteiger partial charge on any atom is -0.356 e. The van der Waals surface area contributed by atoms with E-state index < -0.39 is 9.85 Å². The van der Waals surface area contributed by atoms with Crippen LogP contribution in [0, 0.1) is 20.2 Å². The van der Waals surface area contributed by atoms with Crippen molar-refractivity contribution >= 4 is 68.7 Å². The van der Waals surface area contributed by atoms with Gasteiger partial charge in [-0.25, -0.2) is 0 Å². The van der Waals surface area contributed by atoms with Crippen LogP contribution >= 0.6 is 0 Å². The summed E-state index contributed by atoms with van der Waals surface area (Å²) in [6, 6.07) is 37.4. The SMILES string of the molecule is O=C(Nc1ccc(Nc2ccc([N+](=O)[O-])cc2)cc1)c1ccc2c(c1)Cc1ccc(C(=O)Nc3ccc(Nc4ccc([N+](=O)[O-])cc4)cc3)cc1N2. The molecule has 2 amide bonds. The number of nitrogens with one attached hydrogen (secondary N) is 5. The molecule has 1 aliphatic heterocycles. The quantitative estimate of drug-likeness (QED) is 0.0690. The molecule has 0 radical (unpaired) electrons. The molecule has 5 N–H and O–H groups in total. The summed E-state index contributed by atoms with van der Waals surface area (Å²) in [5.74, 6) is -0.527. The van der Waals surface area contributed by atoms with Gasteiger partial charge in [-0.3, -0.25) is 29.8 Å². The highest BCUT2D eigenvalue weighted by atomic mass is 16.6. The van der Waals surface area contributed by atoms with Gasteiger partial charge >= 0.3 is 0 Å². The van der Waals surface area contributed by atoms with Gasteiger partial charge in [0.25, 0.3) is 23.2 Å². The maximum Gasteiger partial charge on any atom is 0.269 e. The van der Waals surface area contributed by atoms with Crippen LogP contribution < -0.4 is 26.6 Å². The molecule has 52 heavy (non-hydrogen) atoms. The van der Waals surface area contributed by atoms with Crippen molar-refractivity contribution in [3.8, 4) is 0 Å². The van der Waals surface area contributed by atoms with Crippen LogP contribution in [0.15, 0.2) is 133 Å². The van der Waals surface area contributed by atoms with E-state index in [0.717, 1.165) is 33.9 Å². The Hall–Kier alpha value is -7.54. The van der Waals surface area contributed by atoms with Crippen LogP contribution in [0.3, 0.4) is 0 Å².